The number of nitrogens with zero attached hydrogens (tertiary/aromatic N) is 3. The normalized spacial score (nSPS) is 17.2. The van der Waals surface area contributed by atoms with Crippen LogP contribution < -0.4 is 16.4 Å². The van der Waals surface area contributed by atoms with Crippen LogP contribution in [0, 0.1) is 0 Å². The van der Waals surface area contributed by atoms with Crippen molar-refractivity contribution < 1.29 is 34.0 Å². The predicted molar refractivity (Wildman–Crippen MR) is 103 cm³/mol. The van der Waals surface area contributed by atoms with Crippen LogP contribution in [0.25, 0.3) is 0 Å². The third kappa shape index (κ3) is 5.00. The number of alkyl halides is 3. The van der Waals surface area contributed by atoms with Crippen LogP contribution in [0.15, 0.2) is 16.1 Å². The lowest BCUT2D eigenvalue weighted by atomic mass is 10.1. The van der Waals surface area contributed by atoms with Crippen LogP contribution in [0.2, 0.25) is 0 Å². The van der Waals surface area contributed by atoms with Crippen molar-refractivity contribution in [2.45, 2.75) is 45.5 Å². The Bertz CT molecular complexity index is 919. The SMILES string of the molecule is CC(C)c1c(N)c(C(C)ONS(=O)(=O)/C(=C/N)C2=NCCCO2)nn1C(F)(F)F.[HH].[HH]. The van der Waals surface area contributed by atoms with Crippen molar-refractivity contribution in [1.29, 1.82) is 0 Å². The highest BCUT2D eigenvalue weighted by Crippen LogP contribution is 2.35. The summed E-state index contributed by atoms with van der Waals surface area (Å²) in [6, 6.07) is 0. The molecule has 1 unspecified atom stereocenters. The van der Waals surface area contributed by atoms with E-state index in [1.165, 1.54) is 20.8 Å². The fourth-order valence-electron chi connectivity index (χ4n) is 2.63. The summed E-state index contributed by atoms with van der Waals surface area (Å²) in [6.07, 6.45) is -4.62. The zero-order chi connectivity index (χ0) is 22.0. The third-order valence-corrected chi connectivity index (χ3v) is 5.15. The summed E-state index contributed by atoms with van der Waals surface area (Å²) in [5, 5.41) is 3.48. The van der Waals surface area contributed by atoms with Gasteiger partial charge >= 0.3 is 6.30 Å². The molecule has 0 radical (unpaired) electrons. The number of ether oxygens (including phenoxy) is 1. The van der Waals surface area contributed by atoms with Gasteiger partial charge in [-0.2, -0.15) is 9.78 Å². The van der Waals surface area contributed by atoms with Crippen LogP contribution in [0.5, 0.6) is 0 Å². The second kappa shape index (κ2) is 8.59. The molecule has 0 amide bonds. The highest BCUT2D eigenvalue weighted by molar-refractivity contribution is 7.94. The molecule has 1 atom stereocenters. The zero-order valence-corrected chi connectivity index (χ0v) is 16.8. The lowest BCUT2D eigenvalue weighted by molar-refractivity contribution is -0.214. The van der Waals surface area contributed by atoms with Gasteiger partial charge in [-0.05, 0) is 12.8 Å². The van der Waals surface area contributed by atoms with Crippen LogP contribution in [0.1, 0.15) is 53.5 Å². The average molecular weight is 444 g/mol. The number of nitrogens with one attached hydrogen (secondary N) is 1. The first-order chi connectivity index (χ1) is 13.4. The van der Waals surface area contributed by atoms with E-state index in [1.54, 1.807) is 4.89 Å². The molecule has 168 valence electrons. The predicted octanol–water partition coefficient (Wildman–Crippen LogP) is 2.09. The Balaban J connectivity index is 0.00000450. The van der Waals surface area contributed by atoms with Crippen LogP contribution in [-0.4, -0.2) is 37.2 Å². The number of aliphatic imine (C=N–C) groups is 1. The zero-order valence-electron chi connectivity index (χ0n) is 16.0. The Morgan fingerprint density at radius 3 is 2.52 bits per heavy atom. The number of hydrogen-bond acceptors (Lipinski definition) is 8. The Morgan fingerprint density at radius 2 is 2.07 bits per heavy atom. The van der Waals surface area contributed by atoms with Crippen molar-refractivity contribution in [3.63, 3.8) is 0 Å². The molecular weight excluding hydrogens is 417 g/mol. The summed E-state index contributed by atoms with van der Waals surface area (Å²) in [5.41, 5.74) is 10.5. The minimum absolute atomic E-state index is 0. The van der Waals surface area contributed by atoms with Gasteiger partial charge in [-0.3, -0.25) is 9.83 Å². The molecule has 0 spiro atoms. The van der Waals surface area contributed by atoms with Gasteiger partial charge < -0.3 is 16.2 Å². The summed E-state index contributed by atoms with van der Waals surface area (Å²) in [5.74, 6) is -0.763. The Hall–Kier alpha value is -2.32. The van der Waals surface area contributed by atoms with E-state index >= 15 is 0 Å². The molecule has 5 N–H and O–H groups in total. The fourth-order valence-corrected chi connectivity index (χ4v) is 3.52. The molecule has 2 rings (SSSR count). The minimum Gasteiger partial charge on any atom is -0.477 e. The molecule has 0 aliphatic carbocycles. The number of anilines is 1. The Labute approximate surface area is 168 Å². The maximum absolute atomic E-state index is 13.2. The first kappa shape index (κ1) is 23.0. The number of rotatable bonds is 7. The molecule has 10 nitrogen and oxygen atoms in total. The molecule has 0 bridgehead atoms. The van der Waals surface area contributed by atoms with Crippen molar-refractivity contribution in [3.05, 3.63) is 22.5 Å². The van der Waals surface area contributed by atoms with Gasteiger partial charge in [0.05, 0.1) is 18.0 Å². The monoisotopic (exact) mass is 444 g/mol. The molecule has 1 aliphatic heterocycles. The van der Waals surface area contributed by atoms with Crippen molar-refractivity contribution in [2.24, 2.45) is 10.7 Å². The number of nitrogen functional groups attached to an aromatic ring is 1. The van der Waals surface area contributed by atoms with E-state index in [2.05, 4.69) is 10.1 Å². The highest BCUT2D eigenvalue weighted by Gasteiger charge is 2.38. The number of hydrogen-bond donors (Lipinski definition) is 3. The van der Waals surface area contributed by atoms with Crippen LogP contribution in [0.4, 0.5) is 18.9 Å². The van der Waals surface area contributed by atoms with E-state index in [0.717, 1.165) is 6.20 Å². The summed E-state index contributed by atoms with van der Waals surface area (Å²) < 4.78 is 69.6. The maximum atomic E-state index is 13.2. The lowest BCUT2D eigenvalue weighted by Gasteiger charge is -2.17. The van der Waals surface area contributed by atoms with E-state index in [1.807, 2.05) is 0 Å². The molecule has 0 saturated carbocycles. The van der Waals surface area contributed by atoms with Gasteiger partial charge in [-0.25, -0.2) is 8.42 Å². The smallest absolute Gasteiger partial charge is 0.477 e. The highest BCUT2D eigenvalue weighted by atomic mass is 32.2. The van der Waals surface area contributed by atoms with Gasteiger partial charge in [0, 0.05) is 22.0 Å². The lowest BCUT2D eigenvalue weighted by Crippen LogP contribution is -2.32. The molecule has 29 heavy (non-hydrogen) atoms. The summed E-state index contributed by atoms with van der Waals surface area (Å²) >= 11 is 0. The summed E-state index contributed by atoms with van der Waals surface area (Å²) in [7, 11) is -4.33. The van der Waals surface area contributed by atoms with Gasteiger partial charge in [0.15, 0.2) is 4.91 Å². The number of halogens is 3. The van der Waals surface area contributed by atoms with Crippen LogP contribution >= 0.6 is 0 Å². The Morgan fingerprint density at radius 1 is 1.41 bits per heavy atom. The molecule has 1 aliphatic rings. The van der Waals surface area contributed by atoms with E-state index in [9.17, 15) is 21.6 Å². The molecule has 1 aromatic heterocycles. The van der Waals surface area contributed by atoms with E-state index < -0.39 is 33.3 Å². The maximum Gasteiger partial charge on any atom is 0.504 e. The quantitative estimate of drug-likeness (QED) is 0.546. The molecule has 0 saturated heterocycles. The van der Waals surface area contributed by atoms with E-state index in [0.29, 0.717) is 13.0 Å². The van der Waals surface area contributed by atoms with E-state index in [4.69, 9.17) is 21.0 Å². The van der Waals surface area contributed by atoms with Crippen molar-refractivity contribution in [3.8, 4) is 0 Å². The van der Waals surface area contributed by atoms with Crippen LogP contribution in [0.3, 0.4) is 0 Å². The first-order valence-electron chi connectivity index (χ1n) is 8.62. The largest absolute Gasteiger partial charge is 0.504 e. The number of nitrogens with two attached hydrogens (primary N) is 2. The van der Waals surface area contributed by atoms with Crippen molar-refractivity contribution >= 4 is 21.6 Å². The average Bonchev–Trinajstić information content (AvgIpc) is 2.99. The first-order valence-corrected chi connectivity index (χ1v) is 10.1. The van der Waals surface area contributed by atoms with Gasteiger partial charge in [0.25, 0.3) is 10.0 Å². The topological polar surface area (TPSA) is 147 Å². The van der Waals surface area contributed by atoms with E-state index in [-0.39, 0.29) is 37.1 Å². The molecule has 2 heterocycles. The number of aromatic nitrogens is 2. The molecule has 0 aromatic carbocycles. The second-order valence-corrected chi connectivity index (χ2v) is 8.10. The van der Waals surface area contributed by atoms with Gasteiger partial charge in [0.1, 0.15) is 11.8 Å². The summed E-state index contributed by atoms with van der Waals surface area (Å²) in [4.78, 5) is 10.3. The van der Waals surface area contributed by atoms with Crippen molar-refractivity contribution in [2.75, 3.05) is 18.9 Å². The molecule has 0 fully saturated rings. The van der Waals surface area contributed by atoms with Crippen molar-refractivity contribution in [1.82, 2.24) is 14.7 Å². The van der Waals surface area contributed by atoms with Crippen LogP contribution in [-0.2, 0) is 25.9 Å². The fraction of sp³-hybridized carbons (Fsp3) is 0.600. The molecule has 14 heteroatoms. The van der Waals surface area contributed by atoms with Gasteiger partial charge in [-0.1, -0.05) is 18.7 Å². The third-order valence-electron chi connectivity index (χ3n) is 3.94. The molecule has 1 aromatic rings. The Kier molecular flexibility index (Phi) is 6.80. The second-order valence-electron chi connectivity index (χ2n) is 6.49. The molecular formula is C15H27F3N6O4S. The standard InChI is InChI=1S/C15H23F3N6O4S.2H2/c1-8(2)13-11(20)12(22-24(13)15(16,17)18)9(3)28-23-29(25,26)10(7-19)14-21-5-4-6-27-14;;/h7-9,23H,4-6,19-20H2,1-3H3;2*1H/b10-7+;;. The number of sulfonamides is 1. The summed E-state index contributed by atoms with van der Waals surface area (Å²) in [6.45, 7) is 4.98. The minimum atomic E-state index is -4.79. The van der Waals surface area contributed by atoms with Gasteiger partial charge in [0.2, 0.25) is 5.90 Å². The van der Waals surface area contributed by atoms with Gasteiger partial charge in [-0.15, -0.1) is 13.2 Å².